The van der Waals surface area contributed by atoms with E-state index in [4.69, 9.17) is 0 Å². The number of carbonyl (C=O) groups excluding carboxylic acids is 1. The molecule has 120 valence electrons. The zero-order valence-electron chi connectivity index (χ0n) is 13.2. The van der Waals surface area contributed by atoms with Crippen molar-refractivity contribution in [3.63, 3.8) is 0 Å². The van der Waals surface area contributed by atoms with Crippen LogP contribution in [0.15, 0.2) is 42.7 Å². The molecule has 2 aromatic rings. The Bertz CT molecular complexity index is 682. The third-order valence-electron chi connectivity index (χ3n) is 4.23. The summed E-state index contributed by atoms with van der Waals surface area (Å²) in [5.41, 5.74) is 2.21. The first-order valence-corrected chi connectivity index (χ1v) is 7.80. The Balaban J connectivity index is 1.58. The molecule has 0 spiro atoms. The van der Waals surface area contributed by atoms with Crippen LogP contribution in [0, 0.1) is 12.7 Å². The second-order valence-corrected chi connectivity index (χ2v) is 5.89. The number of benzene rings is 1. The molecule has 1 aliphatic heterocycles. The molecule has 0 N–H and O–H groups in total. The van der Waals surface area contributed by atoms with Gasteiger partial charge in [0.05, 0.1) is 0 Å². The monoisotopic (exact) mass is 313 g/mol. The van der Waals surface area contributed by atoms with Crippen LogP contribution in [0.5, 0.6) is 0 Å². The first-order chi connectivity index (χ1) is 11.1. The van der Waals surface area contributed by atoms with E-state index in [1.54, 1.807) is 36.4 Å². The molecular weight excluding hydrogens is 293 g/mol. The van der Waals surface area contributed by atoms with Crippen molar-refractivity contribution in [2.24, 2.45) is 0 Å². The summed E-state index contributed by atoms with van der Waals surface area (Å²) < 4.78 is 13.6. The van der Waals surface area contributed by atoms with E-state index in [0.717, 1.165) is 19.6 Å². The van der Waals surface area contributed by atoms with E-state index in [2.05, 4.69) is 9.88 Å². The van der Waals surface area contributed by atoms with E-state index in [0.29, 0.717) is 24.2 Å². The molecule has 23 heavy (non-hydrogen) atoms. The average Bonchev–Trinajstić information content (AvgIpc) is 2.58. The van der Waals surface area contributed by atoms with Gasteiger partial charge < -0.3 is 4.90 Å². The highest BCUT2D eigenvalue weighted by atomic mass is 19.1. The Labute approximate surface area is 135 Å². The normalized spacial score (nSPS) is 15.7. The third kappa shape index (κ3) is 3.74. The number of pyridine rings is 1. The van der Waals surface area contributed by atoms with Crippen molar-refractivity contribution >= 4 is 5.91 Å². The van der Waals surface area contributed by atoms with Crippen LogP contribution in [0.4, 0.5) is 4.39 Å². The van der Waals surface area contributed by atoms with E-state index >= 15 is 0 Å². The largest absolute Gasteiger partial charge is 0.336 e. The molecule has 0 aliphatic carbocycles. The maximum Gasteiger partial charge on any atom is 0.254 e. The molecule has 1 amide bonds. The van der Waals surface area contributed by atoms with Crippen molar-refractivity contribution in [1.82, 2.24) is 14.8 Å². The molecule has 1 fully saturated rings. The summed E-state index contributed by atoms with van der Waals surface area (Å²) in [6.45, 7) is 5.54. The summed E-state index contributed by atoms with van der Waals surface area (Å²) >= 11 is 0. The zero-order chi connectivity index (χ0) is 16.2. The second-order valence-electron chi connectivity index (χ2n) is 5.89. The fourth-order valence-electron chi connectivity index (χ4n) is 2.76. The van der Waals surface area contributed by atoms with Gasteiger partial charge in [-0.3, -0.25) is 14.7 Å². The van der Waals surface area contributed by atoms with Crippen molar-refractivity contribution in [2.75, 3.05) is 26.2 Å². The minimum Gasteiger partial charge on any atom is -0.336 e. The third-order valence-corrected chi connectivity index (χ3v) is 4.23. The number of aryl methyl sites for hydroxylation is 1. The molecule has 0 atom stereocenters. The molecule has 1 aliphatic rings. The molecule has 0 unspecified atom stereocenters. The van der Waals surface area contributed by atoms with Crippen LogP contribution in [-0.4, -0.2) is 46.9 Å². The Morgan fingerprint density at radius 1 is 1.13 bits per heavy atom. The van der Waals surface area contributed by atoms with Gasteiger partial charge in [-0.1, -0.05) is 6.07 Å². The predicted molar refractivity (Wildman–Crippen MR) is 86.6 cm³/mol. The number of carbonyl (C=O) groups is 1. The quantitative estimate of drug-likeness (QED) is 0.873. The van der Waals surface area contributed by atoms with Gasteiger partial charge in [0.2, 0.25) is 0 Å². The topological polar surface area (TPSA) is 36.4 Å². The van der Waals surface area contributed by atoms with Gasteiger partial charge in [-0.05, 0) is 42.3 Å². The molecule has 4 nitrogen and oxygen atoms in total. The van der Waals surface area contributed by atoms with Crippen molar-refractivity contribution in [3.05, 3.63) is 65.2 Å². The summed E-state index contributed by atoms with van der Waals surface area (Å²) in [7, 11) is 0. The van der Waals surface area contributed by atoms with Crippen molar-refractivity contribution in [3.8, 4) is 0 Å². The molecule has 5 heteroatoms. The molecule has 0 saturated carbocycles. The Kier molecular flexibility index (Phi) is 4.67. The number of nitrogens with zero attached hydrogens (tertiary/aromatic N) is 3. The van der Waals surface area contributed by atoms with E-state index < -0.39 is 0 Å². The Morgan fingerprint density at radius 3 is 2.48 bits per heavy atom. The number of piperazine rings is 1. The molecule has 3 rings (SSSR count). The lowest BCUT2D eigenvalue weighted by Crippen LogP contribution is -2.48. The predicted octanol–water partition coefficient (Wildman–Crippen LogP) is 2.49. The Hall–Kier alpha value is -2.27. The van der Waals surface area contributed by atoms with Gasteiger partial charge in [0.1, 0.15) is 5.82 Å². The fraction of sp³-hybridized carbons (Fsp3) is 0.333. The first kappa shape index (κ1) is 15.6. The van der Waals surface area contributed by atoms with Gasteiger partial charge in [0, 0.05) is 50.7 Å². The molecule has 1 aromatic carbocycles. The van der Waals surface area contributed by atoms with E-state index in [9.17, 15) is 9.18 Å². The van der Waals surface area contributed by atoms with Gasteiger partial charge >= 0.3 is 0 Å². The Morgan fingerprint density at radius 2 is 1.83 bits per heavy atom. The smallest absolute Gasteiger partial charge is 0.254 e. The van der Waals surface area contributed by atoms with Gasteiger partial charge in [-0.25, -0.2) is 4.39 Å². The van der Waals surface area contributed by atoms with Crippen LogP contribution in [0.2, 0.25) is 0 Å². The first-order valence-electron chi connectivity index (χ1n) is 7.80. The fourth-order valence-corrected chi connectivity index (χ4v) is 2.76. The van der Waals surface area contributed by atoms with Crippen LogP contribution < -0.4 is 0 Å². The van der Waals surface area contributed by atoms with Crippen LogP contribution in [0.3, 0.4) is 0 Å². The van der Waals surface area contributed by atoms with Crippen LogP contribution >= 0.6 is 0 Å². The summed E-state index contributed by atoms with van der Waals surface area (Å²) in [5, 5.41) is 0. The summed E-state index contributed by atoms with van der Waals surface area (Å²) in [5.74, 6) is -0.417. The van der Waals surface area contributed by atoms with Crippen LogP contribution in [0.25, 0.3) is 0 Å². The maximum absolute atomic E-state index is 13.6. The highest BCUT2D eigenvalue weighted by Crippen LogP contribution is 2.14. The maximum atomic E-state index is 13.6. The summed E-state index contributed by atoms with van der Waals surface area (Å²) in [6, 6.07) is 8.70. The second kappa shape index (κ2) is 6.87. The molecule has 2 heterocycles. The number of amides is 1. The minimum atomic E-state index is -0.327. The molecule has 1 aromatic heterocycles. The number of hydrogen-bond donors (Lipinski definition) is 0. The van der Waals surface area contributed by atoms with E-state index in [1.807, 2.05) is 12.1 Å². The number of rotatable bonds is 3. The SMILES string of the molecule is Cc1ccc(C(=O)N2CCN(Cc3ccncc3)CC2)cc1F. The lowest BCUT2D eigenvalue weighted by Gasteiger charge is -2.34. The minimum absolute atomic E-state index is 0.0903. The van der Waals surface area contributed by atoms with Gasteiger partial charge in [-0.2, -0.15) is 0 Å². The van der Waals surface area contributed by atoms with Crippen LogP contribution in [-0.2, 0) is 6.54 Å². The highest BCUT2D eigenvalue weighted by Gasteiger charge is 2.22. The molecule has 1 saturated heterocycles. The zero-order valence-corrected chi connectivity index (χ0v) is 13.2. The van der Waals surface area contributed by atoms with E-state index in [1.165, 1.54) is 11.6 Å². The number of aromatic nitrogens is 1. The summed E-state index contributed by atoms with van der Waals surface area (Å²) in [6.07, 6.45) is 3.59. The van der Waals surface area contributed by atoms with Gasteiger partial charge in [0.15, 0.2) is 0 Å². The molecule has 0 radical (unpaired) electrons. The van der Waals surface area contributed by atoms with Gasteiger partial charge in [-0.15, -0.1) is 0 Å². The highest BCUT2D eigenvalue weighted by molar-refractivity contribution is 5.94. The van der Waals surface area contributed by atoms with Crippen molar-refractivity contribution < 1.29 is 9.18 Å². The number of halogens is 1. The molecule has 0 bridgehead atoms. The van der Waals surface area contributed by atoms with Crippen LogP contribution in [0.1, 0.15) is 21.5 Å². The average molecular weight is 313 g/mol. The van der Waals surface area contributed by atoms with Gasteiger partial charge in [0.25, 0.3) is 5.91 Å². The summed E-state index contributed by atoms with van der Waals surface area (Å²) in [4.78, 5) is 20.6. The molecular formula is C18H20FN3O. The van der Waals surface area contributed by atoms with E-state index in [-0.39, 0.29) is 11.7 Å². The lowest BCUT2D eigenvalue weighted by molar-refractivity contribution is 0.0628. The standard InChI is InChI=1S/C18H20FN3O/c1-14-2-3-16(12-17(14)19)18(23)22-10-8-21(9-11-22)13-15-4-6-20-7-5-15/h2-7,12H,8-11,13H2,1H3. The van der Waals surface area contributed by atoms with Crippen molar-refractivity contribution in [1.29, 1.82) is 0 Å². The van der Waals surface area contributed by atoms with Crippen molar-refractivity contribution in [2.45, 2.75) is 13.5 Å². The lowest BCUT2D eigenvalue weighted by atomic mass is 10.1. The number of hydrogen-bond acceptors (Lipinski definition) is 3.